The molecule has 124 valence electrons. The van der Waals surface area contributed by atoms with Crippen LogP contribution in [0.5, 0.6) is 0 Å². The maximum absolute atomic E-state index is 14.3. The van der Waals surface area contributed by atoms with E-state index < -0.39 is 6.17 Å². The molecule has 0 radical (unpaired) electrons. The van der Waals surface area contributed by atoms with Gasteiger partial charge in [0.1, 0.15) is 24.7 Å². The highest BCUT2D eigenvalue weighted by molar-refractivity contribution is 5.74. The SMILES string of the molecule is F[C@@H]1CN(C2CCOCC2)C[C@@H]1OCc1nc2ccccc2[nH]1. The Morgan fingerprint density at radius 3 is 2.91 bits per heavy atom. The normalized spacial score (nSPS) is 27.0. The van der Waals surface area contributed by atoms with Crippen LogP contribution in [0.25, 0.3) is 11.0 Å². The number of nitrogens with zero attached hydrogens (tertiary/aromatic N) is 2. The molecule has 2 atom stereocenters. The van der Waals surface area contributed by atoms with Crippen molar-refractivity contribution in [2.24, 2.45) is 0 Å². The zero-order valence-electron chi connectivity index (χ0n) is 13.1. The highest BCUT2D eigenvalue weighted by Gasteiger charge is 2.37. The standard InChI is InChI=1S/C17H22FN3O2/c18-13-9-21(12-5-7-22-8-6-12)10-16(13)23-11-17-19-14-3-1-2-4-15(14)20-17/h1-4,12-13,16H,5-11H2,(H,19,20)/t13-,16+/m1/s1. The van der Waals surface area contributed by atoms with E-state index in [1.165, 1.54) is 0 Å². The third-order valence-electron chi connectivity index (χ3n) is 4.81. The van der Waals surface area contributed by atoms with E-state index in [0.29, 0.717) is 25.7 Å². The molecule has 3 heterocycles. The smallest absolute Gasteiger partial charge is 0.140 e. The van der Waals surface area contributed by atoms with Crippen molar-refractivity contribution < 1.29 is 13.9 Å². The van der Waals surface area contributed by atoms with Crippen LogP contribution in [0.4, 0.5) is 4.39 Å². The second-order valence-corrected chi connectivity index (χ2v) is 6.36. The van der Waals surface area contributed by atoms with Crippen molar-refractivity contribution in [3.05, 3.63) is 30.1 Å². The lowest BCUT2D eigenvalue weighted by molar-refractivity contribution is 0.00313. The minimum absolute atomic E-state index is 0.321. The maximum atomic E-state index is 14.3. The summed E-state index contributed by atoms with van der Waals surface area (Å²) in [6.07, 6.45) is 0.680. The summed E-state index contributed by atoms with van der Waals surface area (Å²) in [6, 6.07) is 8.28. The third kappa shape index (κ3) is 3.24. The Morgan fingerprint density at radius 2 is 2.09 bits per heavy atom. The molecule has 0 bridgehead atoms. The van der Waals surface area contributed by atoms with Gasteiger partial charge in [-0.3, -0.25) is 4.90 Å². The second-order valence-electron chi connectivity index (χ2n) is 6.36. The van der Waals surface area contributed by atoms with E-state index >= 15 is 0 Å². The van der Waals surface area contributed by atoms with Crippen molar-refractivity contribution in [1.82, 2.24) is 14.9 Å². The van der Waals surface area contributed by atoms with Crippen molar-refractivity contribution >= 4 is 11.0 Å². The molecule has 0 unspecified atom stereocenters. The maximum Gasteiger partial charge on any atom is 0.140 e. The van der Waals surface area contributed by atoms with E-state index in [1.54, 1.807) is 0 Å². The zero-order valence-corrected chi connectivity index (χ0v) is 13.1. The van der Waals surface area contributed by atoms with E-state index in [2.05, 4.69) is 14.9 Å². The molecule has 2 aromatic rings. The Kier molecular flexibility index (Phi) is 4.29. The quantitative estimate of drug-likeness (QED) is 0.939. The molecule has 5 nitrogen and oxygen atoms in total. The van der Waals surface area contributed by atoms with Gasteiger partial charge in [0.25, 0.3) is 0 Å². The Hall–Kier alpha value is -1.50. The zero-order chi connectivity index (χ0) is 15.6. The Morgan fingerprint density at radius 1 is 1.26 bits per heavy atom. The Balaban J connectivity index is 1.35. The molecule has 2 fully saturated rings. The number of ether oxygens (including phenoxy) is 2. The first-order valence-electron chi connectivity index (χ1n) is 8.31. The van der Waals surface area contributed by atoms with Crippen LogP contribution in [0, 0.1) is 0 Å². The van der Waals surface area contributed by atoms with Gasteiger partial charge in [0.15, 0.2) is 0 Å². The summed E-state index contributed by atoms with van der Waals surface area (Å²) in [4.78, 5) is 9.91. The number of hydrogen-bond donors (Lipinski definition) is 1. The van der Waals surface area contributed by atoms with Gasteiger partial charge in [-0.25, -0.2) is 9.37 Å². The van der Waals surface area contributed by atoms with Crippen LogP contribution in [0.3, 0.4) is 0 Å². The molecule has 1 N–H and O–H groups in total. The van der Waals surface area contributed by atoms with Gasteiger partial charge in [-0.05, 0) is 25.0 Å². The van der Waals surface area contributed by atoms with Crippen LogP contribution in [0.1, 0.15) is 18.7 Å². The number of imidazole rings is 1. The number of nitrogens with one attached hydrogen (secondary N) is 1. The van der Waals surface area contributed by atoms with Gasteiger partial charge in [0.05, 0.1) is 11.0 Å². The summed E-state index contributed by atoms with van der Waals surface area (Å²) < 4.78 is 25.5. The number of H-pyrrole nitrogens is 1. The first-order chi connectivity index (χ1) is 11.3. The lowest BCUT2D eigenvalue weighted by atomic mass is 10.1. The van der Waals surface area contributed by atoms with Crippen molar-refractivity contribution in [3.8, 4) is 0 Å². The number of para-hydroxylation sites is 2. The predicted molar refractivity (Wildman–Crippen MR) is 85.0 cm³/mol. The molecule has 2 aliphatic heterocycles. The number of rotatable bonds is 4. The van der Waals surface area contributed by atoms with E-state index in [0.717, 1.165) is 42.9 Å². The topological polar surface area (TPSA) is 50.4 Å². The highest BCUT2D eigenvalue weighted by Crippen LogP contribution is 2.24. The molecular weight excluding hydrogens is 297 g/mol. The van der Waals surface area contributed by atoms with E-state index in [4.69, 9.17) is 9.47 Å². The Labute approximate surface area is 134 Å². The second kappa shape index (κ2) is 6.55. The van der Waals surface area contributed by atoms with Crippen LogP contribution < -0.4 is 0 Å². The molecule has 0 amide bonds. The fourth-order valence-corrected chi connectivity index (χ4v) is 3.53. The van der Waals surface area contributed by atoms with Gasteiger partial charge in [-0.15, -0.1) is 0 Å². The predicted octanol–water partition coefficient (Wildman–Crippen LogP) is 2.28. The average molecular weight is 319 g/mol. The first-order valence-corrected chi connectivity index (χ1v) is 8.31. The van der Waals surface area contributed by atoms with Crippen LogP contribution in [-0.4, -0.2) is 59.5 Å². The summed E-state index contributed by atoms with van der Waals surface area (Å²) in [5, 5.41) is 0. The molecule has 0 saturated carbocycles. The fourth-order valence-electron chi connectivity index (χ4n) is 3.53. The minimum Gasteiger partial charge on any atom is -0.381 e. The number of aromatic nitrogens is 2. The van der Waals surface area contributed by atoms with Crippen molar-refractivity contribution in [1.29, 1.82) is 0 Å². The van der Waals surface area contributed by atoms with Gasteiger partial charge < -0.3 is 14.5 Å². The number of alkyl halides is 1. The number of likely N-dealkylation sites (tertiary alicyclic amines) is 1. The largest absolute Gasteiger partial charge is 0.381 e. The summed E-state index contributed by atoms with van der Waals surface area (Å²) in [7, 11) is 0. The Bertz CT molecular complexity index is 623. The molecule has 6 heteroatoms. The van der Waals surface area contributed by atoms with Crippen LogP contribution in [0.2, 0.25) is 0 Å². The minimum atomic E-state index is -0.928. The average Bonchev–Trinajstić information content (AvgIpc) is 3.16. The molecular formula is C17H22FN3O2. The van der Waals surface area contributed by atoms with E-state index in [-0.39, 0.29) is 6.10 Å². The first kappa shape index (κ1) is 15.1. The van der Waals surface area contributed by atoms with Gasteiger partial charge in [-0.2, -0.15) is 0 Å². The lowest BCUT2D eigenvalue weighted by Gasteiger charge is -2.30. The van der Waals surface area contributed by atoms with Gasteiger partial charge in [0, 0.05) is 32.3 Å². The van der Waals surface area contributed by atoms with Gasteiger partial charge in [-0.1, -0.05) is 12.1 Å². The van der Waals surface area contributed by atoms with Crippen molar-refractivity contribution in [3.63, 3.8) is 0 Å². The lowest BCUT2D eigenvalue weighted by Crippen LogP contribution is -2.38. The van der Waals surface area contributed by atoms with Gasteiger partial charge >= 0.3 is 0 Å². The third-order valence-corrected chi connectivity index (χ3v) is 4.81. The fraction of sp³-hybridized carbons (Fsp3) is 0.588. The molecule has 23 heavy (non-hydrogen) atoms. The molecule has 4 rings (SSSR count). The summed E-state index contributed by atoms with van der Waals surface area (Å²) in [6.45, 7) is 3.01. The molecule has 1 aromatic carbocycles. The van der Waals surface area contributed by atoms with Crippen LogP contribution >= 0.6 is 0 Å². The molecule has 0 spiro atoms. The summed E-state index contributed by atoms with van der Waals surface area (Å²) in [5.41, 5.74) is 1.90. The monoisotopic (exact) mass is 319 g/mol. The van der Waals surface area contributed by atoms with E-state index in [1.807, 2.05) is 24.3 Å². The van der Waals surface area contributed by atoms with Crippen molar-refractivity contribution in [2.75, 3.05) is 26.3 Å². The molecule has 1 aromatic heterocycles. The highest BCUT2D eigenvalue weighted by atomic mass is 19.1. The molecule has 0 aliphatic carbocycles. The van der Waals surface area contributed by atoms with E-state index in [9.17, 15) is 4.39 Å². The summed E-state index contributed by atoms with van der Waals surface area (Å²) >= 11 is 0. The number of benzene rings is 1. The number of halogens is 1. The van der Waals surface area contributed by atoms with Crippen molar-refractivity contribution in [2.45, 2.75) is 37.8 Å². The van der Waals surface area contributed by atoms with Gasteiger partial charge in [0.2, 0.25) is 0 Å². The van der Waals surface area contributed by atoms with Crippen LogP contribution in [-0.2, 0) is 16.1 Å². The summed E-state index contributed by atoms with van der Waals surface area (Å²) in [5.74, 6) is 0.753. The van der Waals surface area contributed by atoms with Crippen LogP contribution in [0.15, 0.2) is 24.3 Å². The molecule has 2 aliphatic rings. The number of aromatic amines is 1. The molecule has 2 saturated heterocycles. The number of fused-ring (bicyclic) bond motifs is 1. The number of hydrogen-bond acceptors (Lipinski definition) is 4.